The van der Waals surface area contributed by atoms with Crippen molar-refractivity contribution in [3.63, 3.8) is 0 Å². The van der Waals surface area contributed by atoms with Crippen LogP contribution >= 0.6 is 0 Å². The lowest BCUT2D eigenvalue weighted by atomic mass is 10.1. The lowest BCUT2D eigenvalue weighted by Gasteiger charge is -2.33. The number of methoxy groups -OCH3 is 1. The first-order chi connectivity index (χ1) is 13.3. The fraction of sp³-hybridized carbons (Fsp3) is 0.350. The zero-order chi connectivity index (χ0) is 18.5. The Morgan fingerprint density at radius 2 is 2.11 bits per heavy atom. The van der Waals surface area contributed by atoms with E-state index in [0.717, 1.165) is 61.0 Å². The van der Waals surface area contributed by atoms with E-state index in [1.807, 2.05) is 42.5 Å². The SMILES string of the molecule is COc1ccccc1-c1ccc(N2CCCC(NCc3ccn[nH]3)C2)nn1. The molecule has 0 amide bonds. The van der Waals surface area contributed by atoms with Gasteiger partial charge in [-0.3, -0.25) is 5.10 Å². The first-order valence-corrected chi connectivity index (χ1v) is 9.27. The number of aromatic nitrogens is 4. The van der Waals surface area contributed by atoms with Gasteiger partial charge in [-0.25, -0.2) is 0 Å². The Balaban J connectivity index is 1.42. The average Bonchev–Trinajstić information content (AvgIpc) is 3.26. The molecule has 27 heavy (non-hydrogen) atoms. The van der Waals surface area contributed by atoms with Gasteiger partial charge in [-0.2, -0.15) is 5.10 Å². The molecule has 4 rings (SSSR count). The van der Waals surface area contributed by atoms with Crippen molar-refractivity contribution in [3.05, 3.63) is 54.4 Å². The van der Waals surface area contributed by atoms with Crippen LogP contribution in [0, 0.1) is 0 Å². The van der Waals surface area contributed by atoms with Crippen molar-refractivity contribution in [1.29, 1.82) is 0 Å². The summed E-state index contributed by atoms with van der Waals surface area (Å²) in [7, 11) is 1.67. The summed E-state index contributed by atoms with van der Waals surface area (Å²) in [4.78, 5) is 2.30. The molecule has 0 spiro atoms. The van der Waals surface area contributed by atoms with Crippen LogP contribution in [0.5, 0.6) is 5.75 Å². The maximum absolute atomic E-state index is 5.42. The van der Waals surface area contributed by atoms with Gasteiger partial charge in [0.2, 0.25) is 0 Å². The highest BCUT2D eigenvalue weighted by atomic mass is 16.5. The Kier molecular flexibility index (Phi) is 5.29. The van der Waals surface area contributed by atoms with Gasteiger partial charge >= 0.3 is 0 Å². The van der Waals surface area contributed by atoms with Crippen LogP contribution < -0.4 is 15.0 Å². The number of ether oxygens (including phenoxy) is 1. The second kappa shape index (κ2) is 8.18. The molecule has 0 saturated carbocycles. The number of piperidine rings is 1. The maximum atomic E-state index is 5.42. The third-order valence-corrected chi connectivity index (χ3v) is 4.92. The van der Waals surface area contributed by atoms with E-state index < -0.39 is 0 Å². The minimum Gasteiger partial charge on any atom is -0.496 e. The number of nitrogens with one attached hydrogen (secondary N) is 2. The van der Waals surface area contributed by atoms with Crippen molar-refractivity contribution in [2.45, 2.75) is 25.4 Å². The zero-order valence-electron chi connectivity index (χ0n) is 15.4. The van der Waals surface area contributed by atoms with E-state index in [1.54, 1.807) is 13.3 Å². The molecule has 2 aromatic heterocycles. The van der Waals surface area contributed by atoms with Crippen LogP contribution in [0.4, 0.5) is 5.82 Å². The summed E-state index contributed by atoms with van der Waals surface area (Å²) in [5.74, 6) is 1.72. The highest BCUT2D eigenvalue weighted by Gasteiger charge is 2.21. The van der Waals surface area contributed by atoms with Crippen LogP contribution in [0.3, 0.4) is 0 Å². The van der Waals surface area contributed by atoms with Crippen molar-refractivity contribution in [2.75, 3.05) is 25.1 Å². The summed E-state index contributed by atoms with van der Waals surface area (Å²) in [5, 5.41) is 19.5. The second-order valence-electron chi connectivity index (χ2n) is 6.73. The highest BCUT2D eigenvalue weighted by Crippen LogP contribution is 2.28. The largest absolute Gasteiger partial charge is 0.496 e. The van der Waals surface area contributed by atoms with Gasteiger partial charge in [0.15, 0.2) is 5.82 Å². The van der Waals surface area contributed by atoms with E-state index >= 15 is 0 Å². The third kappa shape index (κ3) is 4.09. The normalized spacial score (nSPS) is 17.1. The van der Waals surface area contributed by atoms with Crippen LogP contribution in [-0.4, -0.2) is 46.6 Å². The Labute approximate surface area is 158 Å². The van der Waals surface area contributed by atoms with Crippen LogP contribution in [0.2, 0.25) is 0 Å². The number of nitrogens with zero attached hydrogens (tertiary/aromatic N) is 4. The Hall–Kier alpha value is -2.93. The van der Waals surface area contributed by atoms with Crippen molar-refractivity contribution in [1.82, 2.24) is 25.7 Å². The Morgan fingerprint density at radius 3 is 2.89 bits per heavy atom. The molecule has 1 atom stereocenters. The van der Waals surface area contributed by atoms with Crippen molar-refractivity contribution < 1.29 is 4.74 Å². The first-order valence-electron chi connectivity index (χ1n) is 9.27. The van der Waals surface area contributed by atoms with E-state index in [4.69, 9.17) is 4.74 Å². The van der Waals surface area contributed by atoms with Crippen molar-refractivity contribution in [3.8, 4) is 17.0 Å². The van der Waals surface area contributed by atoms with Crippen LogP contribution in [0.15, 0.2) is 48.7 Å². The number of benzene rings is 1. The van der Waals surface area contributed by atoms with Crippen LogP contribution in [-0.2, 0) is 6.54 Å². The van der Waals surface area contributed by atoms with Crippen LogP contribution in [0.1, 0.15) is 18.5 Å². The molecular formula is C20H24N6O. The van der Waals surface area contributed by atoms with Gasteiger partial charge in [-0.1, -0.05) is 12.1 Å². The molecule has 140 valence electrons. The smallest absolute Gasteiger partial charge is 0.151 e. The number of aromatic amines is 1. The molecule has 0 radical (unpaired) electrons. The monoisotopic (exact) mass is 364 g/mol. The van der Waals surface area contributed by atoms with E-state index in [-0.39, 0.29) is 0 Å². The average molecular weight is 364 g/mol. The molecule has 3 aromatic rings. The topological polar surface area (TPSA) is 79.0 Å². The minimum atomic E-state index is 0.428. The first kappa shape index (κ1) is 17.5. The van der Waals surface area contributed by atoms with Gasteiger partial charge in [0.1, 0.15) is 5.75 Å². The molecule has 1 aliphatic rings. The number of H-pyrrole nitrogens is 1. The highest BCUT2D eigenvalue weighted by molar-refractivity contribution is 5.67. The standard InChI is InChI=1S/C20H24N6O/c1-27-19-7-3-2-6-17(19)18-8-9-20(25-24-18)26-12-4-5-16(14-26)21-13-15-10-11-22-23-15/h2-3,6-11,16,21H,4-5,12-14H2,1H3,(H,22,23). The van der Waals surface area contributed by atoms with Gasteiger partial charge in [-0.15, -0.1) is 10.2 Å². The summed E-state index contributed by atoms with van der Waals surface area (Å²) in [6.45, 7) is 2.73. The van der Waals surface area contributed by atoms with Crippen LogP contribution in [0.25, 0.3) is 11.3 Å². The third-order valence-electron chi connectivity index (χ3n) is 4.92. The Bertz CT molecular complexity index is 849. The fourth-order valence-corrected chi connectivity index (χ4v) is 3.48. The summed E-state index contributed by atoms with van der Waals surface area (Å²) in [6.07, 6.45) is 4.08. The lowest BCUT2D eigenvalue weighted by Crippen LogP contribution is -2.45. The molecular weight excluding hydrogens is 340 g/mol. The van der Waals surface area contributed by atoms with Gasteiger partial charge in [0, 0.05) is 43.1 Å². The van der Waals surface area contributed by atoms with Gasteiger partial charge in [-0.05, 0) is 43.2 Å². The summed E-state index contributed by atoms with van der Waals surface area (Å²) >= 11 is 0. The lowest BCUT2D eigenvalue weighted by molar-refractivity contribution is 0.416. The molecule has 1 unspecified atom stereocenters. The fourth-order valence-electron chi connectivity index (χ4n) is 3.48. The van der Waals surface area contributed by atoms with Gasteiger partial charge in [0.05, 0.1) is 12.8 Å². The molecule has 0 aliphatic carbocycles. The summed E-state index contributed by atoms with van der Waals surface area (Å²) in [6, 6.07) is 14.4. The number of anilines is 1. The van der Waals surface area contributed by atoms with E-state index in [2.05, 4.69) is 30.6 Å². The molecule has 1 fully saturated rings. The molecule has 1 saturated heterocycles. The predicted octanol–water partition coefficient (Wildman–Crippen LogP) is 2.63. The van der Waals surface area contributed by atoms with Crippen molar-refractivity contribution in [2.24, 2.45) is 0 Å². The number of hydrogen-bond donors (Lipinski definition) is 2. The van der Waals surface area contributed by atoms with Gasteiger partial charge < -0.3 is 15.0 Å². The molecule has 1 aliphatic heterocycles. The molecule has 3 heterocycles. The predicted molar refractivity (Wildman–Crippen MR) is 105 cm³/mol. The molecule has 7 heteroatoms. The maximum Gasteiger partial charge on any atom is 0.151 e. The van der Waals surface area contributed by atoms with E-state index in [1.165, 1.54) is 0 Å². The summed E-state index contributed by atoms with van der Waals surface area (Å²) < 4.78 is 5.42. The van der Waals surface area contributed by atoms with E-state index in [9.17, 15) is 0 Å². The Morgan fingerprint density at radius 1 is 1.19 bits per heavy atom. The second-order valence-corrected chi connectivity index (χ2v) is 6.73. The summed E-state index contributed by atoms with van der Waals surface area (Å²) in [5.41, 5.74) is 2.88. The molecule has 2 N–H and O–H groups in total. The minimum absolute atomic E-state index is 0.428. The molecule has 1 aromatic carbocycles. The van der Waals surface area contributed by atoms with Crippen molar-refractivity contribution >= 4 is 5.82 Å². The quantitative estimate of drug-likeness (QED) is 0.700. The number of para-hydroxylation sites is 1. The zero-order valence-corrected chi connectivity index (χ0v) is 15.4. The molecule has 7 nitrogen and oxygen atoms in total. The molecule has 0 bridgehead atoms. The van der Waals surface area contributed by atoms with Gasteiger partial charge in [0.25, 0.3) is 0 Å². The number of rotatable bonds is 6. The van der Waals surface area contributed by atoms with E-state index in [0.29, 0.717) is 6.04 Å². The number of hydrogen-bond acceptors (Lipinski definition) is 6.